The molecule has 0 saturated carbocycles. The molecule has 0 fully saturated rings. The molecule has 10 heteroatoms. The molecule has 0 amide bonds. The van der Waals surface area contributed by atoms with E-state index in [-0.39, 0.29) is 0 Å². The smallest absolute Gasteiger partial charge is 0.162 e. The Hall–Kier alpha value is -4.34. The van der Waals surface area contributed by atoms with E-state index < -0.39 is 0 Å². The Labute approximate surface area is 177 Å². The molecule has 5 aromatic heterocycles. The lowest BCUT2D eigenvalue weighted by molar-refractivity contribution is 0.771. The van der Waals surface area contributed by atoms with Crippen molar-refractivity contribution in [3.8, 4) is 22.6 Å². The summed E-state index contributed by atoms with van der Waals surface area (Å²) in [4.78, 5) is 17.9. The quantitative estimate of drug-likeness (QED) is 0.462. The van der Waals surface area contributed by atoms with Crippen LogP contribution < -0.4 is 11.1 Å². The van der Waals surface area contributed by atoms with Crippen molar-refractivity contribution in [1.29, 1.82) is 0 Å². The fourth-order valence-corrected chi connectivity index (χ4v) is 3.46. The average Bonchev–Trinajstić information content (AvgIpc) is 3.30. The Bertz CT molecular complexity index is 1390. The van der Waals surface area contributed by atoms with Gasteiger partial charge in [0.25, 0.3) is 0 Å². The normalized spacial score (nSPS) is 11.2. The first kappa shape index (κ1) is 18.7. The summed E-state index contributed by atoms with van der Waals surface area (Å²) in [5.74, 6) is 2.17. The van der Waals surface area contributed by atoms with Crippen molar-refractivity contribution in [2.75, 3.05) is 11.1 Å². The number of imidazole rings is 1. The minimum atomic E-state index is 0.375. The second-order valence-electron chi connectivity index (χ2n) is 7.16. The van der Waals surface area contributed by atoms with Crippen molar-refractivity contribution in [1.82, 2.24) is 39.3 Å². The maximum atomic E-state index is 6.01. The van der Waals surface area contributed by atoms with Crippen molar-refractivity contribution in [2.45, 2.75) is 13.8 Å². The Morgan fingerprint density at radius 3 is 2.58 bits per heavy atom. The summed E-state index contributed by atoms with van der Waals surface area (Å²) in [5.41, 5.74) is 10.6. The van der Waals surface area contributed by atoms with E-state index >= 15 is 0 Å². The van der Waals surface area contributed by atoms with Gasteiger partial charge in [0.05, 0.1) is 11.4 Å². The highest BCUT2D eigenvalue weighted by atomic mass is 15.3. The minimum absolute atomic E-state index is 0.375. The summed E-state index contributed by atoms with van der Waals surface area (Å²) in [7, 11) is 1.86. The fourth-order valence-electron chi connectivity index (χ4n) is 3.46. The van der Waals surface area contributed by atoms with Crippen LogP contribution in [0.2, 0.25) is 0 Å². The van der Waals surface area contributed by atoms with Gasteiger partial charge in [0.2, 0.25) is 0 Å². The number of nitrogens with one attached hydrogen (secondary N) is 1. The number of hydrogen-bond donors (Lipinski definition) is 2. The standard InChI is InChI=1S/C21H20N10/c1-12-14(5-4-9-23-12)15-6-7-19-27-21(26-18-8-10-30(3)29-18)20(31(19)28-15)16-11-17(22)25-13(2)24-16/h4-11H,1-3H3,(H,26,29)(H2,22,24,25). The molecule has 5 heterocycles. The number of nitrogens with zero attached hydrogens (tertiary/aromatic N) is 8. The van der Waals surface area contributed by atoms with Gasteiger partial charge in [-0.1, -0.05) is 0 Å². The molecule has 0 bridgehead atoms. The first-order valence-electron chi connectivity index (χ1n) is 9.68. The number of hydrogen-bond acceptors (Lipinski definition) is 8. The maximum Gasteiger partial charge on any atom is 0.162 e. The van der Waals surface area contributed by atoms with Gasteiger partial charge in [0.1, 0.15) is 17.3 Å². The van der Waals surface area contributed by atoms with E-state index in [1.54, 1.807) is 28.4 Å². The molecule has 0 aliphatic rings. The monoisotopic (exact) mass is 412 g/mol. The largest absolute Gasteiger partial charge is 0.384 e. The number of nitrogen functional groups attached to an aromatic ring is 1. The van der Waals surface area contributed by atoms with Gasteiger partial charge in [0, 0.05) is 42.8 Å². The zero-order valence-electron chi connectivity index (χ0n) is 17.3. The number of fused-ring (bicyclic) bond motifs is 1. The molecule has 5 rings (SSSR count). The first-order chi connectivity index (χ1) is 15.0. The van der Waals surface area contributed by atoms with E-state index in [1.807, 2.05) is 50.5 Å². The van der Waals surface area contributed by atoms with Gasteiger partial charge in [-0.2, -0.15) is 10.2 Å². The molecule has 0 aliphatic heterocycles. The number of rotatable bonds is 4. The summed E-state index contributed by atoms with van der Waals surface area (Å²) in [5, 5.41) is 12.5. The number of nitrogens with two attached hydrogens (primary N) is 1. The van der Waals surface area contributed by atoms with Gasteiger partial charge in [-0.15, -0.1) is 0 Å². The molecular weight excluding hydrogens is 392 g/mol. The van der Waals surface area contributed by atoms with Crippen LogP contribution in [0.25, 0.3) is 28.3 Å². The maximum absolute atomic E-state index is 6.01. The van der Waals surface area contributed by atoms with Gasteiger partial charge in [-0.05, 0) is 38.1 Å². The predicted molar refractivity (Wildman–Crippen MR) is 118 cm³/mol. The lowest BCUT2D eigenvalue weighted by atomic mass is 10.1. The number of aryl methyl sites for hydroxylation is 3. The number of aromatic nitrogens is 8. The highest BCUT2D eigenvalue weighted by Crippen LogP contribution is 2.31. The summed E-state index contributed by atoms with van der Waals surface area (Å²) in [6, 6.07) is 11.3. The highest BCUT2D eigenvalue weighted by Gasteiger charge is 2.19. The highest BCUT2D eigenvalue weighted by molar-refractivity contribution is 5.78. The summed E-state index contributed by atoms with van der Waals surface area (Å²) in [6.07, 6.45) is 3.62. The van der Waals surface area contributed by atoms with E-state index in [1.165, 1.54) is 0 Å². The molecule has 0 atom stereocenters. The molecule has 0 aromatic carbocycles. The number of anilines is 3. The third kappa shape index (κ3) is 3.44. The summed E-state index contributed by atoms with van der Waals surface area (Å²) < 4.78 is 3.47. The Balaban J connectivity index is 1.74. The summed E-state index contributed by atoms with van der Waals surface area (Å²) in [6.45, 7) is 3.76. The molecule has 0 saturated heterocycles. The van der Waals surface area contributed by atoms with Crippen molar-refractivity contribution in [3.05, 3.63) is 60.3 Å². The SMILES string of the molecule is Cc1nc(N)cc(-c2c(Nc3ccn(C)n3)nc3ccc(-c4cccnc4C)nn23)n1. The molecule has 0 spiro atoms. The lowest BCUT2D eigenvalue weighted by Crippen LogP contribution is -2.03. The van der Waals surface area contributed by atoms with Gasteiger partial charge in [-0.25, -0.2) is 19.5 Å². The molecule has 0 radical (unpaired) electrons. The molecule has 0 aliphatic carbocycles. The van der Waals surface area contributed by atoms with Crippen molar-refractivity contribution < 1.29 is 0 Å². The van der Waals surface area contributed by atoms with E-state index in [2.05, 4.69) is 25.4 Å². The molecule has 154 valence electrons. The van der Waals surface area contributed by atoms with E-state index in [4.69, 9.17) is 15.8 Å². The van der Waals surface area contributed by atoms with E-state index in [0.29, 0.717) is 40.3 Å². The van der Waals surface area contributed by atoms with E-state index in [9.17, 15) is 0 Å². The zero-order valence-corrected chi connectivity index (χ0v) is 17.3. The Morgan fingerprint density at radius 2 is 1.84 bits per heavy atom. The average molecular weight is 412 g/mol. The molecule has 0 unspecified atom stereocenters. The van der Waals surface area contributed by atoms with Crippen LogP contribution >= 0.6 is 0 Å². The first-order valence-corrected chi connectivity index (χ1v) is 9.68. The van der Waals surface area contributed by atoms with Crippen molar-refractivity contribution >= 4 is 23.1 Å². The van der Waals surface area contributed by atoms with Gasteiger partial charge in [-0.3, -0.25) is 9.67 Å². The van der Waals surface area contributed by atoms with Gasteiger partial charge >= 0.3 is 0 Å². The number of pyridine rings is 1. The third-order valence-corrected chi connectivity index (χ3v) is 4.82. The molecule has 31 heavy (non-hydrogen) atoms. The molecule has 10 nitrogen and oxygen atoms in total. The van der Waals surface area contributed by atoms with Crippen LogP contribution in [-0.4, -0.2) is 39.3 Å². The minimum Gasteiger partial charge on any atom is -0.384 e. The fraction of sp³-hybridized carbons (Fsp3) is 0.143. The predicted octanol–water partition coefficient (Wildman–Crippen LogP) is 2.92. The van der Waals surface area contributed by atoms with Gasteiger partial charge in [0.15, 0.2) is 17.3 Å². The second-order valence-corrected chi connectivity index (χ2v) is 7.16. The topological polar surface area (TPSA) is 125 Å². The molecular formula is C21H20N10. The third-order valence-electron chi connectivity index (χ3n) is 4.82. The van der Waals surface area contributed by atoms with Crippen LogP contribution in [-0.2, 0) is 7.05 Å². The van der Waals surface area contributed by atoms with Crippen molar-refractivity contribution in [3.63, 3.8) is 0 Å². The lowest BCUT2D eigenvalue weighted by Gasteiger charge is -2.08. The van der Waals surface area contributed by atoms with Crippen LogP contribution in [0, 0.1) is 13.8 Å². The van der Waals surface area contributed by atoms with Crippen molar-refractivity contribution in [2.24, 2.45) is 7.05 Å². The second kappa shape index (κ2) is 7.17. The van der Waals surface area contributed by atoms with Crippen LogP contribution in [0.15, 0.2) is 48.8 Å². The molecule has 5 aromatic rings. The van der Waals surface area contributed by atoms with Gasteiger partial charge < -0.3 is 11.1 Å². The summed E-state index contributed by atoms with van der Waals surface area (Å²) >= 11 is 0. The Kier molecular flexibility index (Phi) is 4.32. The van der Waals surface area contributed by atoms with Crippen LogP contribution in [0.1, 0.15) is 11.5 Å². The zero-order chi connectivity index (χ0) is 21.5. The Morgan fingerprint density at radius 1 is 0.968 bits per heavy atom. The van der Waals surface area contributed by atoms with Crippen LogP contribution in [0.4, 0.5) is 17.5 Å². The van der Waals surface area contributed by atoms with Crippen LogP contribution in [0.5, 0.6) is 0 Å². The van der Waals surface area contributed by atoms with Crippen LogP contribution in [0.3, 0.4) is 0 Å². The molecule has 3 N–H and O–H groups in total. The van der Waals surface area contributed by atoms with E-state index in [0.717, 1.165) is 17.0 Å².